The molecule has 0 radical (unpaired) electrons. The van der Waals surface area contributed by atoms with Crippen LogP contribution in [0.1, 0.15) is 61.4 Å². The third-order valence-electron chi connectivity index (χ3n) is 5.34. The molecule has 0 bridgehead atoms. The molecule has 7 heteroatoms. The molecule has 0 saturated heterocycles. The topological polar surface area (TPSA) is 80.5 Å². The van der Waals surface area contributed by atoms with E-state index in [0.717, 1.165) is 24.1 Å². The number of aromatic nitrogens is 3. The minimum Gasteiger partial charge on any atom is -0.506 e. The zero-order valence-corrected chi connectivity index (χ0v) is 18.9. The van der Waals surface area contributed by atoms with Crippen LogP contribution in [0.2, 0.25) is 0 Å². The van der Waals surface area contributed by atoms with Crippen LogP contribution in [-0.4, -0.2) is 46.8 Å². The highest BCUT2D eigenvalue weighted by molar-refractivity contribution is 5.93. The van der Waals surface area contributed by atoms with Gasteiger partial charge in [0.15, 0.2) is 0 Å². The van der Waals surface area contributed by atoms with Crippen LogP contribution >= 0.6 is 0 Å². The summed E-state index contributed by atoms with van der Waals surface area (Å²) < 4.78 is 5.41. The molecule has 3 aromatic rings. The monoisotopic (exact) mass is 424 g/mol. The molecule has 0 fully saturated rings. The van der Waals surface area contributed by atoms with E-state index < -0.39 is 0 Å². The molecule has 1 aromatic heterocycles. The summed E-state index contributed by atoms with van der Waals surface area (Å²) in [6, 6.07) is 8.67. The second-order valence-electron chi connectivity index (χ2n) is 8.12. The maximum atomic E-state index is 12.4. The number of hydrogen-bond donors (Lipinski definition) is 1. The van der Waals surface area contributed by atoms with Gasteiger partial charge in [-0.2, -0.15) is 0 Å². The summed E-state index contributed by atoms with van der Waals surface area (Å²) in [7, 11) is 3.85. The quantitative estimate of drug-likeness (QED) is 0.364. The Morgan fingerprint density at radius 2 is 1.74 bits per heavy atom. The molecule has 166 valence electrons. The average Bonchev–Trinajstić information content (AvgIpc) is 3.17. The second-order valence-corrected chi connectivity index (χ2v) is 8.12. The molecule has 31 heavy (non-hydrogen) atoms. The molecule has 0 aliphatic carbocycles. The lowest BCUT2D eigenvalue weighted by Gasteiger charge is -2.17. The van der Waals surface area contributed by atoms with Gasteiger partial charge in [0.2, 0.25) is 0 Å². The lowest BCUT2D eigenvalue weighted by Crippen LogP contribution is -2.11. The number of unbranched alkanes of at least 4 members (excludes halogenated alkanes) is 5. The Labute approximate surface area is 183 Å². The van der Waals surface area contributed by atoms with Crippen molar-refractivity contribution in [1.82, 2.24) is 15.0 Å². The van der Waals surface area contributed by atoms with Gasteiger partial charge in [-0.1, -0.05) is 39.0 Å². The fraction of sp³-hybridized carbons (Fsp3) is 0.458. The molecular weight excluding hydrogens is 392 g/mol. The van der Waals surface area contributed by atoms with Crippen molar-refractivity contribution in [3.05, 3.63) is 41.5 Å². The van der Waals surface area contributed by atoms with Crippen LogP contribution in [0.25, 0.3) is 16.7 Å². The van der Waals surface area contributed by atoms with E-state index in [9.17, 15) is 9.90 Å². The van der Waals surface area contributed by atoms with Gasteiger partial charge in [0.1, 0.15) is 22.5 Å². The fourth-order valence-electron chi connectivity index (χ4n) is 3.59. The number of anilines is 1. The van der Waals surface area contributed by atoms with Crippen molar-refractivity contribution >= 4 is 22.7 Å². The molecule has 0 unspecified atom stereocenters. The number of rotatable bonds is 10. The maximum Gasteiger partial charge on any atom is 0.338 e. The van der Waals surface area contributed by atoms with Crippen LogP contribution in [0.15, 0.2) is 30.3 Å². The first-order valence-corrected chi connectivity index (χ1v) is 11.0. The molecule has 7 nitrogen and oxygen atoms in total. The molecule has 3 rings (SSSR count). The van der Waals surface area contributed by atoms with Crippen molar-refractivity contribution in [2.45, 2.75) is 52.4 Å². The van der Waals surface area contributed by atoms with Gasteiger partial charge in [0, 0.05) is 25.8 Å². The largest absolute Gasteiger partial charge is 0.506 e. The van der Waals surface area contributed by atoms with Gasteiger partial charge in [-0.05, 0) is 43.2 Å². The Balaban J connectivity index is 1.69. The van der Waals surface area contributed by atoms with Gasteiger partial charge in [-0.3, -0.25) is 0 Å². The first-order valence-electron chi connectivity index (χ1n) is 11.0. The average molecular weight is 425 g/mol. The highest BCUT2D eigenvalue weighted by Crippen LogP contribution is 2.30. The van der Waals surface area contributed by atoms with Crippen molar-refractivity contribution in [1.29, 1.82) is 0 Å². The van der Waals surface area contributed by atoms with Crippen molar-refractivity contribution in [2.75, 3.05) is 25.6 Å². The van der Waals surface area contributed by atoms with E-state index in [2.05, 4.69) is 17.1 Å². The molecular formula is C24H32N4O3. The standard InChI is InChI=1S/C24H32N4O3/c1-5-6-7-8-9-10-13-31-24(30)18-11-12-19-20(15-18)26-28(25-19)22-14-17(2)21(27(3)4)16-23(22)29/h11-12,14-16,29H,5-10,13H2,1-4H3. The number of fused-ring (bicyclic) bond motifs is 1. The second kappa shape index (κ2) is 10.3. The van der Waals surface area contributed by atoms with Crippen molar-refractivity contribution in [2.24, 2.45) is 0 Å². The van der Waals surface area contributed by atoms with Crippen LogP contribution < -0.4 is 4.90 Å². The molecule has 0 amide bonds. The van der Waals surface area contributed by atoms with E-state index in [4.69, 9.17) is 4.74 Å². The van der Waals surface area contributed by atoms with Crippen LogP contribution in [0.4, 0.5) is 5.69 Å². The number of nitrogens with zero attached hydrogens (tertiary/aromatic N) is 4. The van der Waals surface area contributed by atoms with Crippen LogP contribution in [0.5, 0.6) is 5.75 Å². The SMILES string of the molecule is CCCCCCCCOC(=O)c1ccc2nn(-c3cc(C)c(N(C)C)cc3O)nc2c1. The highest BCUT2D eigenvalue weighted by Gasteiger charge is 2.15. The number of ether oxygens (including phenoxy) is 1. The van der Waals surface area contributed by atoms with Crippen molar-refractivity contribution < 1.29 is 14.6 Å². The molecule has 0 atom stereocenters. The van der Waals surface area contributed by atoms with E-state index in [1.807, 2.05) is 32.0 Å². The minimum atomic E-state index is -0.348. The zero-order chi connectivity index (χ0) is 22.4. The number of benzene rings is 2. The van der Waals surface area contributed by atoms with E-state index in [-0.39, 0.29) is 11.7 Å². The number of phenols is 1. The smallest absolute Gasteiger partial charge is 0.338 e. The molecule has 0 aliphatic rings. The number of carbonyl (C=O) groups excluding carboxylic acids is 1. The Morgan fingerprint density at radius 1 is 1.03 bits per heavy atom. The summed E-state index contributed by atoms with van der Waals surface area (Å²) in [5.74, 6) is -0.257. The van der Waals surface area contributed by atoms with Crippen molar-refractivity contribution in [3.63, 3.8) is 0 Å². The third-order valence-corrected chi connectivity index (χ3v) is 5.34. The molecule has 2 aromatic carbocycles. The summed E-state index contributed by atoms with van der Waals surface area (Å²) in [4.78, 5) is 15.7. The number of aromatic hydroxyl groups is 1. The van der Waals surface area contributed by atoms with E-state index in [1.54, 1.807) is 24.3 Å². The Kier molecular flexibility index (Phi) is 7.50. The molecule has 0 saturated carbocycles. The lowest BCUT2D eigenvalue weighted by molar-refractivity contribution is 0.0498. The molecule has 0 spiro atoms. The summed E-state index contributed by atoms with van der Waals surface area (Å²) >= 11 is 0. The third kappa shape index (κ3) is 5.54. The summed E-state index contributed by atoms with van der Waals surface area (Å²) in [6.45, 7) is 4.60. The molecule has 1 heterocycles. The number of hydrogen-bond acceptors (Lipinski definition) is 6. The number of carbonyl (C=O) groups is 1. The predicted octanol–water partition coefficient (Wildman–Crippen LogP) is 5.02. The van der Waals surface area contributed by atoms with Crippen LogP contribution in [0, 0.1) is 6.92 Å². The molecule has 0 aliphatic heterocycles. The number of esters is 1. The van der Waals surface area contributed by atoms with E-state index in [0.29, 0.717) is 28.9 Å². The lowest BCUT2D eigenvalue weighted by atomic mass is 10.1. The molecule has 1 N–H and O–H groups in total. The Hall–Kier alpha value is -3.09. The first kappa shape index (κ1) is 22.6. The Bertz CT molecular complexity index is 1040. The van der Waals surface area contributed by atoms with Gasteiger partial charge in [-0.15, -0.1) is 15.0 Å². The van der Waals surface area contributed by atoms with Crippen LogP contribution in [0.3, 0.4) is 0 Å². The fourth-order valence-corrected chi connectivity index (χ4v) is 3.59. The van der Waals surface area contributed by atoms with Gasteiger partial charge >= 0.3 is 5.97 Å². The van der Waals surface area contributed by atoms with Gasteiger partial charge in [0.05, 0.1) is 12.2 Å². The Morgan fingerprint density at radius 3 is 2.48 bits per heavy atom. The zero-order valence-electron chi connectivity index (χ0n) is 18.9. The highest BCUT2D eigenvalue weighted by atomic mass is 16.5. The van der Waals surface area contributed by atoms with Gasteiger partial charge in [-0.25, -0.2) is 4.79 Å². The number of aryl methyl sites for hydroxylation is 1. The van der Waals surface area contributed by atoms with Crippen LogP contribution in [-0.2, 0) is 4.74 Å². The van der Waals surface area contributed by atoms with Gasteiger partial charge in [0.25, 0.3) is 0 Å². The predicted molar refractivity (Wildman–Crippen MR) is 123 cm³/mol. The van der Waals surface area contributed by atoms with Crippen molar-refractivity contribution in [3.8, 4) is 11.4 Å². The van der Waals surface area contributed by atoms with Gasteiger partial charge < -0.3 is 14.7 Å². The minimum absolute atomic E-state index is 0.0909. The summed E-state index contributed by atoms with van der Waals surface area (Å²) in [5, 5.41) is 19.4. The normalized spacial score (nSPS) is 11.1. The van der Waals surface area contributed by atoms with E-state index in [1.165, 1.54) is 30.5 Å². The summed E-state index contributed by atoms with van der Waals surface area (Å²) in [5.41, 5.74) is 4.08. The number of phenolic OH excluding ortho intramolecular Hbond substituents is 1. The van der Waals surface area contributed by atoms with E-state index >= 15 is 0 Å². The maximum absolute atomic E-state index is 12.4. The first-order chi connectivity index (χ1) is 14.9. The summed E-state index contributed by atoms with van der Waals surface area (Å²) in [6.07, 6.45) is 6.87.